The molecule has 1 rings (SSSR count). The van der Waals surface area contributed by atoms with Gasteiger partial charge in [-0.15, -0.1) is 0 Å². The van der Waals surface area contributed by atoms with Crippen LogP contribution in [0.5, 0.6) is 0 Å². The first-order chi connectivity index (χ1) is 7.80. The van der Waals surface area contributed by atoms with Crippen molar-refractivity contribution in [1.82, 2.24) is 5.32 Å². The summed E-state index contributed by atoms with van der Waals surface area (Å²) in [6.45, 7) is 8.91. The molecular weight excluding hydrogens is 214 g/mol. The molecule has 0 spiro atoms. The maximum Gasteiger partial charge on any atom is 0.223 e. The largest absolute Gasteiger partial charge is 0.392 e. The number of rotatable bonds is 3. The summed E-state index contributed by atoms with van der Waals surface area (Å²) in [7, 11) is 0. The Labute approximate surface area is 105 Å². The molecule has 3 heteroatoms. The van der Waals surface area contributed by atoms with Gasteiger partial charge >= 0.3 is 0 Å². The van der Waals surface area contributed by atoms with Gasteiger partial charge in [-0.25, -0.2) is 0 Å². The predicted octanol–water partition coefficient (Wildman–Crippen LogP) is 2.34. The predicted molar refractivity (Wildman–Crippen MR) is 69.6 cm³/mol. The summed E-state index contributed by atoms with van der Waals surface area (Å²) in [4.78, 5) is 11.8. The lowest BCUT2D eigenvalue weighted by Crippen LogP contribution is -2.38. The standard InChI is InChI=1S/C14H27NO2/c1-10(16)9-15-13(17)11-5-7-12(8-6-11)14(2,3)4/h10-12,16H,5-9H2,1-4H3,(H,15,17)/t10-,11?,12?/m1/s1. The second kappa shape index (κ2) is 5.85. The zero-order valence-electron chi connectivity index (χ0n) is 11.6. The van der Waals surface area contributed by atoms with Crippen molar-refractivity contribution < 1.29 is 9.90 Å². The lowest BCUT2D eigenvalue weighted by Gasteiger charge is -2.36. The lowest BCUT2D eigenvalue weighted by molar-refractivity contribution is -0.127. The van der Waals surface area contributed by atoms with Crippen LogP contribution in [0.15, 0.2) is 0 Å². The molecule has 3 nitrogen and oxygen atoms in total. The summed E-state index contributed by atoms with van der Waals surface area (Å²) < 4.78 is 0. The van der Waals surface area contributed by atoms with Gasteiger partial charge in [-0.1, -0.05) is 20.8 Å². The fourth-order valence-corrected chi connectivity index (χ4v) is 2.61. The third-order valence-electron chi connectivity index (χ3n) is 3.89. The zero-order valence-corrected chi connectivity index (χ0v) is 11.6. The van der Waals surface area contributed by atoms with Crippen molar-refractivity contribution in [3.05, 3.63) is 0 Å². The van der Waals surface area contributed by atoms with Gasteiger partial charge in [0.2, 0.25) is 5.91 Å². The number of amides is 1. The van der Waals surface area contributed by atoms with Crippen LogP contribution in [-0.2, 0) is 4.79 Å². The van der Waals surface area contributed by atoms with E-state index >= 15 is 0 Å². The summed E-state index contributed by atoms with van der Waals surface area (Å²) in [5.74, 6) is 1.02. The van der Waals surface area contributed by atoms with Crippen LogP contribution in [0.1, 0.15) is 53.4 Å². The number of hydrogen-bond donors (Lipinski definition) is 2. The van der Waals surface area contributed by atoms with E-state index in [1.165, 1.54) is 0 Å². The number of carbonyl (C=O) groups is 1. The normalized spacial score (nSPS) is 27.6. The van der Waals surface area contributed by atoms with Crippen LogP contribution < -0.4 is 5.32 Å². The molecule has 0 unspecified atom stereocenters. The second-order valence-corrected chi connectivity index (χ2v) is 6.51. The highest BCUT2D eigenvalue weighted by molar-refractivity contribution is 5.78. The van der Waals surface area contributed by atoms with Crippen LogP contribution in [0.4, 0.5) is 0 Å². The maximum atomic E-state index is 11.8. The Morgan fingerprint density at radius 2 is 1.82 bits per heavy atom. The van der Waals surface area contributed by atoms with E-state index in [1.807, 2.05) is 0 Å². The topological polar surface area (TPSA) is 49.3 Å². The molecule has 2 N–H and O–H groups in total. The van der Waals surface area contributed by atoms with Gasteiger partial charge in [0.1, 0.15) is 0 Å². The molecule has 1 atom stereocenters. The number of aliphatic hydroxyl groups is 1. The average molecular weight is 241 g/mol. The van der Waals surface area contributed by atoms with E-state index in [0.717, 1.165) is 31.6 Å². The number of aliphatic hydroxyl groups excluding tert-OH is 1. The monoisotopic (exact) mass is 241 g/mol. The quantitative estimate of drug-likeness (QED) is 0.797. The molecular formula is C14H27NO2. The van der Waals surface area contributed by atoms with Crippen LogP contribution in [0.3, 0.4) is 0 Å². The van der Waals surface area contributed by atoms with Crippen molar-refractivity contribution in [3.8, 4) is 0 Å². The first-order valence-corrected chi connectivity index (χ1v) is 6.76. The minimum absolute atomic E-state index is 0.123. The minimum Gasteiger partial charge on any atom is -0.392 e. The van der Waals surface area contributed by atoms with E-state index in [0.29, 0.717) is 12.0 Å². The van der Waals surface area contributed by atoms with Gasteiger partial charge in [0.05, 0.1) is 6.10 Å². The van der Waals surface area contributed by atoms with Crippen LogP contribution in [0.2, 0.25) is 0 Å². The Morgan fingerprint density at radius 3 is 2.24 bits per heavy atom. The Balaban J connectivity index is 2.34. The molecule has 0 aromatic carbocycles. The first-order valence-electron chi connectivity index (χ1n) is 6.76. The van der Waals surface area contributed by atoms with Gasteiger partial charge in [-0.2, -0.15) is 0 Å². The Kier molecular flexibility index (Phi) is 4.99. The summed E-state index contributed by atoms with van der Waals surface area (Å²) >= 11 is 0. The smallest absolute Gasteiger partial charge is 0.223 e. The van der Waals surface area contributed by atoms with E-state index in [-0.39, 0.29) is 11.8 Å². The molecule has 1 saturated carbocycles. The third-order valence-corrected chi connectivity index (χ3v) is 3.89. The molecule has 100 valence electrons. The highest BCUT2D eigenvalue weighted by atomic mass is 16.3. The number of carbonyl (C=O) groups excluding carboxylic acids is 1. The number of nitrogens with one attached hydrogen (secondary N) is 1. The summed E-state index contributed by atoms with van der Waals surface area (Å²) in [6, 6.07) is 0. The molecule has 0 aliphatic heterocycles. The average Bonchev–Trinajstić information content (AvgIpc) is 2.25. The van der Waals surface area contributed by atoms with Crippen molar-refractivity contribution in [3.63, 3.8) is 0 Å². The van der Waals surface area contributed by atoms with E-state index in [1.54, 1.807) is 6.92 Å². The summed E-state index contributed by atoms with van der Waals surface area (Å²) in [6.07, 6.45) is 3.83. The Bertz CT molecular complexity index is 247. The molecule has 17 heavy (non-hydrogen) atoms. The van der Waals surface area contributed by atoms with Crippen LogP contribution in [-0.4, -0.2) is 23.7 Å². The van der Waals surface area contributed by atoms with Crippen molar-refractivity contribution >= 4 is 5.91 Å². The molecule has 0 saturated heterocycles. The molecule has 1 aliphatic rings. The van der Waals surface area contributed by atoms with Gasteiger partial charge in [0, 0.05) is 12.5 Å². The van der Waals surface area contributed by atoms with Gasteiger partial charge in [0.25, 0.3) is 0 Å². The van der Waals surface area contributed by atoms with Crippen LogP contribution in [0.25, 0.3) is 0 Å². The van der Waals surface area contributed by atoms with Crippen molar-refractivity contribution in [1.29, 1.82) is 0 Å². The van der Waals surface area contributed by atoms with E-state index in [9.17, 15) is 4.79 Å². The fraction of sp³-hybridized carbons (Fsp3) is 0.929. The molecule has 0 radical (unpaired) electrons. The van der Waals surface area contributed by atoms with Gasteiger partial charge < -0.3 is 10.4 Å². The fourth-order valence-electron chi connectivity index (χ4n) is 2.61. The first kappa shape index (κ1) is 14.5. The van der Waals surface area contributed by atoms with Gasteiger partial charge in [-0.05, 0) is 43.9 Å². The van der Waals surface area contributed by atoms with E-state index in [4.69, 9.17) is 5.11 Å². The SMILES string of the molecule is C[C@@H](O)CNC(=O)C1CCC(C(C)(C)C)CC1. The molecule has 0 aromatic rings. The third kappa shape index (κ3) is 4.66. The van der Waals surface area contributed by atoms with Crippen LogP contribution >= 0.6 is 0 Å². The van der Waals surface area contributed by atoms with E-state index in [2.05, 4.69) is 26.1 Å². The molecule has 1 aliphatic carbocycles. The number of hydrogen-bond acceptors (Lipinski definition) is 2. The van der Waals surface area contributed by atoms with Crippen molar-refractivity contribution in [2.45, 2.75) is 59.5 Å². The van der Waals surface area contributed by atoms with Crippen molar-refractivity contribution in [2.75, 3.05) is 6.54 Å². The highest BCUT2D eigenvalue weighted by Gasteiger charge is 2.32. The molecule has 1 fully saturated rings. The molecule has 1 amide bonds. The summed E-state index contributed by atoms with van der Waals surface area (Å²) in [5, 5.41) is 12.0. The molecule has 0 heterocycles. The maximum absolute atomic E-state index is 11.8. The minimum atomic E-state index is -0.454. The van der Waals surface area contributed by atoms with Crippen molar-refractivity contribution in [2.24, 2.45) is 17.3 Å². The van der Waals surface area contributed by atoms with Gasteiger partial charge in [-0.3, -0.25) is 4.79 Å². The highest BCUT2D eigenvalue weighted by Crippen LogP contribution is 2.39. The van der Waals surface area contributed by atoms with Gasteiger partial charge in [0.15, 0.2) is 0 Å². The molecule has 0 bridgehead atoms. The van der Waals surface area contributed by atoms with Crippen LogP contribution in [0, 0.1) is 17.3 Å². The van der Waals surface area contributed by atoms with E-state index < -0.39 is 6.10 Å². The molecule has 0 aromatic heterocycles. The summed E-state index contributed by atoms with van der Waals surface area (Å²) in [5.41, 5.74) is 0.362. The Hall–Kier alpha value is -0.570. The lowest BCUT2D eigenvalue weighted by atomic mass is 9.69. The zero-order chi connectivity index (χ0) is 13.1. The Morgan fingerprint density at radius 1 is 1.29 bits per heavy atom. The second-order valence-electron chi connectivity index (χ2n) is 6.51.